The van der Waals surface area contributed by atoms with Crippen LogP contribution in [0.3, 0.4) is 0 Å². The predicted octanol–water partition coefficient (Wildman–Crippen LogP) is 4.64. The lowest BCUT2D eigenvalue weighted by molar-refractivity contribution is 0.392. The van der Waals surface area contributed by atoms with Gasteiger partial charge in [-0.2, -0.15) is 0 Å². The summed E-state index contributed by atoms with van der Waals surface area (Å²) in [5, 5.41) is 15.3. The molecule has 1 aromatic carbocycles. The Morgan fingerprint density at radius 1 is 0.714 bits per heavy atom. The Kier molecular flexibility index (Phi) is 5.18. The molecule has 4 aliphatic carbocycles. The molecule has 0 aromatic heterocycles. The molecule has 6 atom stereocenters. The van der Waals surface area contributed by atoms with Gasteiger partial charge in [-0.25, -0.2) is 0 Å². The second-order valence-electron chi connectivity index (χ2n) is 9.34. The van der Waals surface area contributed by atoms with Crippen LogP contribution in [0.1, 0.15) is 51.4 Å². The molecule has 1 aromatic rings. The summed E-state index contributed by atoms with van der Waals surface area (Å²) in [6, 6.07) is 9.31. The molecular weight excluding hydrogens is 384 g/mol. The van der Waals surface area contributed by atoms with E-state index >= 15 is 0 Å². The van der Waals surface area contributed by atoms with Crippen LogP contribution in [0.15, 0.2) is 24.3 Å². The average Bonchev–Trinajstić information content (AvgIpc) is 3.43. The normalized spacial score (nSPS) is 35.0. The smallest absolute Gasteiger partial charge is 0.171 e. The second-order valence-corrected chi connectivity index (χ2v) is 10.2. The monoisotopic (exact) mass is 414 g/mol. The van der Waals surface area contributed by atoms with Crippen molar-refractivity contribution in [3.05, 3.63) is 24.3 Å². The zero-order chi connectivity index (χ0) is 19.1. The van der Waals surface area contributed by atoms with Crippen molar-refractivity contribution in [1.29, 1.82) is 0 Å². The second kappa shape index (κ2) is 7.79. The SMILES string of the molecule is S=C(Nc1cccc(NC(=S)N[C@@H]2C[C@@H]3CC[C@@H]2C3)c1)N[C@H]1C[C@H]2CC[C@@H]1C2. The van der Waals surface area contributed by atoms with E-state index in [1.54, 1.807) is 0 Å². The fraction of sp³-hybridized carbons (Fsp3) is 0.636. The third-order valence-electron chi connectivity index (χ3n) is 7.49. The molecule has 4 nitrogen and oxygen atoms in total. The molecule has 0 unspecified atom stereocenters. The van der Waals surface area contributed by atoms with E-state index in [4.69, 9.17) is 24.4 Å². The summed E-state index contributed by atoms with van der Waals surface area (Å²) in [4.78, 5) is 0. The third-order valence-corrected chi connectivity index (χ3v) is 7.93. The fourth-order valence-electron chi connectivity index (χ4n) is 6.19. The number of hydrogen-bond acceptors (Lipinski definition) is 2. The molecule has 6 heteroatoms. The molecule has 4 N–H and O–H groups in total. The summed E-state index contributed by atoms with van der Waals surface area (Å²) in [6.45, 7) is 0. The van der Waals surface area contributed by atoms with Crippen LogP contribution in [-0.4, -0.2) is 22.3 Å². The van der Waals surface area contributed by atoms with Gasteiger partial charge in [-0.3, -0.25) is 0 Å². The number of thiocarbonyl (C=S) groups is 2. The van der Waals surface area contributed by atoms with Gasteiger partial charge < -0.3 is 21.3 Å². The van der Waals surface area contributed by atoms with Gasteiger partial charge in [-0.1, -0.05) is 18.9 Å². The van der Waals surface area contributed by atoms with E-state index in [1.807, 2.05) is 18.2 Å². The van der Waals surface area contributed by atoms with Crippen LogP contribution >= 0.6 is 24.4 Å². The highest BCUT2D eigenvalue weighted by Crippen LogP contribution is 2.45. The quantitative estimate of drug-likeness (QED) is 0.539. The molecule has 4 fully saturated rings. The molecule has 0 aliphatic heterocycles. The summed E-state index contributed by atoms with van der Waals surface area (Å²) < 4.78 is 0. The molecule has 0 heterocycles. The summed E-state index contributed by atoms with van der Waals surface area (Å²) in [5.41, 5.74) is 1.99. The molecule has 28 heavy (non-hydrogen) atoms. The van der Waals surface area contributed by atoms with Gasteiger partial charge in [0.15, 0.2) is 10.2 Å². The lowest BCUT2D eigenvalue weighted by Gasteiger charge is -2.25. The summed E-state index contributed by atoms with van der Waals surface area (Å²) >= 11 is 11.1. The number of hydrogen-bond donors (Lipinski definition) is 4. The number of rotatable bonds is 4. The zero-order valence-corrected chi connectivity index (χ0v) is 17.9. The lowest BCUT2D eigenvalue weighted by atomic mass is 9.95. The van der Waals surface area contributed by atoms with Gasteiger partial charge >= 0.3 is 0 Å². The molecule has 5 rings (SSSR count). The maximum atomic E-state index is 5.56. The van der Waals surface area contributed by atoms with Crippen molar-refractivity contribution in [2.75, 3.05) is 10.6 Å². The van der Waals surface area contributed by atoms with E-state index < -0.39 is 0 Å². The highest BCUT2D eigenvalue weighted by molar-refractivity contribution is 7.80. The highest BCUT2D eigenvalue weighted by atomic mass is 32.1. The molecule has 0 spiro atoms. The van der Waals surface area contributed by atoms with Crippen molar-refractivity contribution in [2.24, 2.45) is 23.7 Å². The van der Waals surface area contributed by atoms with Crippen LogP contribution in [0, 0.1) is 23.7 Å². The van der Waals surface area contributed by atoms with Crippen molar-refractivity contribution >= 4 is 46.0 Å². The Morgan fingerprint density at radius 3 is 1.61 bits per heavy atom. The predicted molar refractivity (Wildman–Crippen MR) is 124 cm³/mol. The minimum absolute atomic E-state index is 0.554. The molecule has 0 saturated heterocycles. The molecule has 4 aliphatic rings. The van der Waals surface area contributed by atoms with Gasteiger partial charge in [0.25, 0.3) is 0 Å². The first-order valence-corrected chi connectivity index (χ1v) is 11.7. The Morgan fingerprint density at radius 2 is 1.21 bits per heavy atom. The van der Waals surface area contributed by atoms with E-state index in [1.165, 1.54) is 51.4 Å². The minimum Gasteiger partial charge on any atom is -0.359 e. The van der Waals surface area contributed by atoms with E-state index in [2.05, 4.69) is 27.3 Å². The molecule has 4 saturated carbocycles. The highest BCUT2D eigenvalue weighted by Gasteiger charge is 2.40. The average molecular weight is 415 g/mol. The van der Waals surface area contributed by atoms with Crippen molar-refractivity contribution in [1.82, 2.24) is 10.6 Å². The number of benzene rings is 1. The summed E-state index contributed by atoms with van der Waals surface area (Å²) in [5.74, 6) is 3.46. The Bertz CT molecular complexity index is 707. The molecule has 4 bridgehead atoms. The van der Waals surface area contributed by atoms with Gasteiger partial charge in [-0.15, -0.1) is 0 Å². The zero-order valence-electron chi connectivity index (χ0n) is 16.2. The first-order valence-electron chi connectivity index (χ1n) is 10.9. The summed E-state index contributed by atoms with van der Waals surface area (Å²) in [6.07, 6.45) is 10.8. The topological polar surface area (TPSA) is 48.1 Å². The van der Waals surface area contributed by atoms with Crippen molar-refractivity contribution < 1.29 is 0 Å². The Balaban J connectivity index is 1.12. The lowest BCUT2D eigenvalue weighted by Crippen LogP contribution is -2.41. The molecule has 150 valence electrons. The van der Waals surface area contributed by atoms with Gasteiger partial charge in [0.05, 0.1) is 0 Å². The van der Waals surface area contributed by atoms with Crippen LogP contribution < -0.4 is 21.3 Å². The molecule has 0 radical (unpaired) electrons. The van der Waals surface area contributed by atoms with E-state index in [0.717, 1.165) is 45.3 Å². The Hall–Kier alpha value is -1.40. The first kappa shape index (κ1) is 18.6. The van der Waals surface area contributed by atoms with E-state index in [-0.39, 0.29) is 0 Å². The fourth-order valence-corrected chi connectivity index (χ4v) is 6.73. The third kappa shape index (κ3) is 3.99. The molecular formula is C22H30N4S2. The Labute approximate surface area is 178 Å². The van der Waals surface area contributed by atoms with E-state index in [0.29, 0.717) is 12.1 Å². The van der Waals surface area contributed by atoms with Gasteiger partial charge in [-0.05, 0) is 105 Å². The van der Waals surface area contributed by atoms with Crippen LogP contribution in [0.2, 0.25) is 0 Å². The van der Waals surface area contributed by atoms with Crippen LogP contribution in [0.5, 0.6) is 0 Å². The van der Waals surface area contributed by atoms with Gasteiger partial charge in [0, 0.05) is 23.5 Å². The summed E-state index contributed by atoms with van der Waals surface area (Å²) in [7, 11) is 0. The maximum Gasteiger partial charge on any atom is 0.171 e. The van der Waals surface area contributed by atoms with Crippen molar-refractivity contribution in [3.63, 3.8) is 0 Å². The number of nitrogens with one attached hydrogen (secondary N) is 4. The van der Waals surface area contributed by atoms with Gasteiger partial charge in [0.1, 0.15) is 0 Å². The molecule has 0 amide bonds. The minimum atomic E-state index is 0.554. The van der Waals surface area contributed by atoms with Crippen molar-refractivity contribution in [3.8, 4) is 0 Å². The largest absolute Gasteiger partial charge is 0.359 e. The maximum absolute atomic E-state index is 5.56. The van der Waals surface area contributed by atoms with Crippen molar-refractivity contribution in [2.45, 2.75) is 63.5 Å². The van der Waals surface area contributed by atoms with Gasteiger partial charge in [0.2, 0.25) is 0 Å². The number of anilines is 2. The van der Waals surface area contributed by atoms with E-state index in [9.17, 15) is 0 Å². The van der Waals surface area contributed by atoms with Crippen LogP contribution in [0.4, 0.5) is 11.4 Å². The standard InChI is InChI=1S/C22H30N4S2/c27-21(25-19-10-13-4-6-15(19)8-13)23-17-2-1-3-18(12-17)24-22(28)26-20-11-14-5-7-16(20)9-14/h1-3,12-16,19-20H,4-11H2,(H2,23,25,27)(H2,24,26,28)/t13-,14+,15-,16-,19-,20+/m1/s1. The number of fused-ring (bicyclic) bond motifs is 4. The van der Waals surface area contributed by atoms with Crippen LogP contribution in [-0.2, 0) is 0 Å². The first-order chi connectivity index (χ1) is 13.6. The van der Waals surface area contributed by atoms with Crippen LogP contribution in [0.25, 0.3) is 0 Å².